The second-order valence-electron chi connectivity index (χ2n) is 3.60. The van der Waals surface area contributed by atoms with Crippen molar-refractivity contribution in [3.63, 3.8) is 0 Å². The summed E-state index contributed by atoms with van der Waals surface area (Å²) in [5.41, 5.74) is 0.0623. The number of ether oxygens (including phenoxy) is 1. The van der Waals surface area contributed by atoms with Gasteiger partial charge in [-0.3, -0.25) is 0 Å². The van der Waals surface area contributed by atoms with Gasteiger partial charge in [0, 0.05) is 5.56 Å². The van der Waals surface area contributed by atoms with Crippen LogP contribution in [0.15, 0.2) is 12.1 Å². The van der Waals surface area contributed by atoms with Crippen LogP contribution in [0.2, 0.25) is 0 Å². The van der Waals surface area contributed by atoms with Crippen LogP contribution in [0.4, 0.5) is 13.2 Å². The average molecular weight is 248 g/mol. The highest BCUT2D eigenvalue weighted by atomic mass is 19.3. The third kappa shape index (κ3) is 2.89. The number of rotatable bonds is 4. The fraction of sp³-hybridized carbons (Fsp3) is 0.364. The predicted molar refractivity (Wildman–Crippen MR) is 54.0 cm³/mol. The highest BCUT2D eigenvalue weighted by molar-refractivity contribution is 5.75. The lowest BCUT2D eigenvalue weighted by molar-refractivity contribution is -0.164. The SMILES string of the molecule is COc1cc(C)c(F)cc1CC(F)(F)C(=O)O. The molecule has 0 saturated heterocycles. The molecule has 17 heavy (non-hydrogen) atoms. The van der Waals surface area contributed by atoms with E-state index >= 15 is 0 Å². The van der Waals surface area contributed by atoms with Crippen LogP contribution in [0.5, 0.6) is 5.75 Å². The minimum Gasteiger partial charge on any atom is -0.496 e. The molecule has 0 aliphatic carbocycles. The summed E-state index contributed by atoms with van der Waals surface area (Å²) in [6, 6.07) is 2.12. The van der Waals surface area contributed by atoms with Gasteiger partial charge in [-0.25, -0.2) is 9.18 Å². The predicted octanol–water partition coefficient (Wildman–Crippen LogP) is 2.41. The number of alkyl halides is 2. The maximum atomic E-state index is 13.2. The molecule has 0 aliphatic rings. The first-order valence-corrected chi connectivity index (χ1v) is 4.72. The van der Waals surface area contributed by atoms with E-state index in [2.05, 4.69) is 0 Å². The molecule has 1 N–H and O–H groups in total. The van der Waals surface area contributed by atoms with Gasteiger partial charge >= 0.3 is 11.9 Å². The first-order valence-electron chi connectivity index (χ1n) is 4.72. The summed E-state index contributed by atoms with van der Waals surface area (Å²) in [4.78, 5) is 10.3. The maximum absolute atomic E-state index is 13.2. The Balaban J connectivity index is 3.14. The van der Waals surface area contributed by atoms with Crippen LogP contribution < -0.4 is 4.74 Å². The third-order valence-electron chi connectivity index (χ3n) is 2.29. The Morgan fingerprint density at radius 1 is 1.47 bits per heavy atom. The molecule has 3 nitrogen and oxygen atoms in total. The summed E-state index contributed by atoms with van der Waals surface area (Å²) >= 11 is 0. The summed E-state index contributed by atoms with van der Waals surface area (Å²) < 4.78 is 44.0. The first-order chi connectivity index (χ1) is 7.77. The Morgan fingerprint density at radius 2 is 2.06 bits per heavy atom. The molecule has 0 heterocycles. The number of aryl methyl sites for hydroxylation is 1. The molecule has 0 amide bonds. The normalized spacial score (nSPS) is 11.4. The zero-order chi connectivity index (χ0) is 13.2. The number of aliphatic carboxylic acids is 1. The van der Waals surface area contributed by atoms with Crippen molar-refractivity contribution in [2.24, 2.45) is 0 Å². The van der Waals surface area contributed by atoms with Crippen LogP contribution in [0.25, 0.3) is 0 Å². The van der Waals surface area contributed by atoms with Crippen molar-refractivity contribution in [2.75, 3.05) is 7.11 Å². The van der Waals surface area contributed by atoms with Crippen molar-refractivity contribution in [3.8, 4) is 5.75 Å². The van der Waals surface area contributed by atoms with Crippen molar-refractivity contribution in [1.29, 1.82) is 0 Å². The first kappa shape index (κ1) is 13.3. The van der Waals surface area contributed by atoms with Gasteiger partial charge in [0.15, 0.2) is 0 Å². The Morgan fingerprint density at radius 3 is 2.53 bits per heavy atom. The van der Waals surface area contributed by atoms with Crippen LogP contribution in [0.1, 0.15) is 11.1 Å². The molecule has 6 heteroatoms. The zero-order valence-electron chi connectivity index (χ0n) is 9.26. The average Bonchev–Trinajstić information content (AvgIpc) is 2.22. The molecule has 0 aliphatic heterocycles. The molecule has 1 aromatic carbocycles. The van der Waals surface area contributed by atoms with Crippen LogP contribution in [-0.2, 0) is 11.2 Å². The van der Waals surface area contributed by atoms with Gasteiger partial charge < -0.3 is 9.84 Å². The van der Waals surface area contributed by atoms with Crippen LogP contribution >= 0.6 is 0 Å². The minimum atomic E-state index is -3.95. The summed E-state index contributed by atoms with van der Waals surface area (Å²) in [6.45, 7) is 1.46. The number of hydrogen-bond acceptors (Lipinski definition) is 2. The van der Waals surface area contributed by atoms with Crippen molar-refractivity contribution in [1.82, 2.24) is 0 Å². The Bertz CT molecular complexity index is 444. The van der Waals surface area contributed by atoms with E-state index in [1.807, 2.05) is 0 Å². The smallest absolute Gasteiger partial charge is 0.374 e. The van der Waals surface area contributed by atoms with E-state index < -0.39 is 24.1 Å². The van der Waals surface area contributed by atoms with Gasteiger partial charge in [0.05, 0.1) is 13.5 Å². The number of carboxylic acids is 1. The lowest BCUT2D eigenvalue weighted by Gasteiger charge is -2.14. The molecule has 1 aromatic rings. The standard InChI is InChI=1S/C11H11F3O3/c1-6-3-9(17-2)7(4-8(6)12)5-11(13,14)10(15)16/h3-4H,5H2,1-2H3,(H,15,16). The molecule has 0 unspecified atom stereocenters. The van der Waals surface area contributed by atoms with E-state index in [-0.39, 0.29) is 16.9 Å². The van der Waals surface area contributed by atoms with Gasteiger partial charge in [-0.15, -0.1) is 0 Å². The highest BCUT2D eigenvalue weighted by Gasteiger charge is 2.39. The Labute approximate surface area is 95.8 Å². The molecule has 94 valence electrons. The molecule has 0 radical (unpaired) electrons. The number of carboxylic acid groups (broad SMARTS) is 1. The molecular formula is C11H11F3O3. The van der Waals surface area contributed by atoms with Crippen molar-refractivity contribution in [3.05, 3.63) is 29.1 Å². The molecule has 0 fully saturated rings. The lowest BCUT2D eigenvalue weighted by Crippen LogP contribution is -2.30. The van der Waals surface area contributed by atoms with Gasteiger partial charge in [-0.2, -0.15) is 8.78 Å². The van der Waals surface area contributed by atoms with Gasteiger partial charge in [0.1, 0.15) is 11.6 Å². The summed E-state index contributed by atoms with van der Waals surface area (Å²) in [7, 11) is 1.25. The monoisotopic (exact) mass is 248 g/mol. The minimum absolute atomic E-state index is 0.0461. The van der Waals surface area contributed by atoms with Crippen LogP contribution in [0.3, 0.4) is 0 Å². The molecule has 0 aromatic heterocycles. The summed E-state index contributed by atoms with van der Waals surface area (Å²) in [6.07, 6.45) is -1.11. The van der Waals surface area contributed by atoms with Crippen molar-refractivity contribution < 1.29 is 27.8 Å². The van der Waals surface area contributed by atoms with Crippen LogP contribution in [-0.4, -0.2) is 24.1 Å². The van der Waals surface area contributed by atoms with Gasteiger partial charge in [0.25, 0.3) is 0 Å². The van der Waals surface area contributed by atoms with E-state index in [4.69, 9.17) is 9.84 Å². The van der Waals surface area contributed by atoms with Gasteiger partial charge in [0.2, 0.25) is 0 Å². The van der Waals surface area contributed by atoms with Crippen molar-refractivity contribution in [2.45, 2.75) is 19.3 Å². The zero-order valence-corrected chi connectivity index (χ0v) is 9.26. The molecule has 0 bridgehead atoms. The number of methoxy groups -OCH3 is 1. The largest absolute Gasteiger partial charge is 0.496 e. The molecule has 0 spiro atoms. The molecular weight excluding hydrogens is 237 g/mol. The fourth-order valence-corrected chi connectivity index (χ4v) is 1.34. The summed E-state index contributed by atoms with van der Waals surface area (Å²) in [5.74, 6) is -6.83. The topological polar surface area (TPSA) is 46.5 Å². The Kier molecular flexibility index (Phi) is 3.65. The number of carbonyl (C=O) groups is 1. The molecule has 1 rings (SSSR count). The second-order valence-corrected chi connectivity index (χ2v) is 3.60. The van der Waals surface area contributed by atoms with E-state index in [9.17, 15) is 18.0 Å². The maximum Gasteiger partial charge on any atom is 0.374 e. The van der Waals surface area contributed by atoms with Gasteiger partial charge in [-0.1, -0.05) is 0 Å². The Hall–Kier alpha value is -1.72. The van der Waals surface area contributed by atoms with Gasteiger partial charge in [-0.05, 0) is 24.6 Å². The number of halogens is 3. The van der Waals surface area contributed by atoms with E-state index in [0.717, 1.165) is 6.07 Å². The van der Waals surface area contributed by atoms with E-state index in [1.165, 1.54) is 20.1 Å². The lowest BCUT2D eigenvalue weighted by atomic mass is 10.0. The number of benzene rings is 1. The van der Waals surface area contributed by atoms with E-state index in [0.29, 0.717) is 0 Å². The number of hydrogen-bond donors (Lipinski definition) is 1. The fourth-order valence-electron chi connectivity index (χ4n) is 1.34. The third-order valence-corrected chi connectivity index (χ3v) is 2.29. The van der Waals surface area contributed by atoms with Crippen molar-refractivity contribution >= 4 is 5.97 Å². The van der Waals surface area contributed by atoms with Crippen LogP contribution in [0, 0.1) is 12.7 Å². The molecule has 0 saturated carbocycles. The summed E-state index contributed by atoms with van der Waals surface area (Å²) in [5, 5.41) is 8.31. The second kappa shape index (κ2) is 4.65. The highest BCUT2D eigenvalue weighted by Crippen LogP contribution is 2.29. The quantitative estimate of drug-likeness (QED) is 0.890. The van der Waals surface area contributed by atoms with E-state index in [1.54, 1.807) is 0 Å². The molecule has 0 atom stereocenters.